The van der Waals surface area contributed by atoms with Gasteiger partial charge in [-0.1, -0.05) is 13.0 Å². The second-order valence-electron chi connectivity index (χ2n) is 4.90. The molecule has 2 aromatic rings. The Bertz CT molecular complexity index is 594. The zero-order chi connectivity index (χ0) is 14.5. The topological polar surface area (TPSA) is 44.5 Å². The molecule has 0 radical (unpaired) electrons. The van der Waals surface area contributed by atoms with E-state index in [1.54, 1.807) is 6.07 Å². The van der Waals surface area contributed by atoms with Gasteiger partial charge in [0.1, 0.15) is 17.2 Å². The highest BCUT2D eigenvalue weighted by Crippen LogP contribution is 2.30. The molecule has 3 heteroatoms. The van der Waals surface area contributed by atoms with Crippen LogP contribution in [0.25, 0.3) is 0 Å². The number of anilines is 1. The third-order valence-corrected chi connectivity index (χ3v) is 3.16. The monoisotopic (exact) mass is 271 g/mol. The molecule has 3 nitrogen and oxygen atoms in total. The van der Waals surface area contributed by atoms with Crippen molar-refractivity contribution in [3.8, 4) is 17.2 Å². The third-order valence-electron chi connectivity index (χ3n) is 3.16. The zero-order valence-corrected chi connectivity index (χ0v) is 12.3. The minimum atomic E-state index is 0.630. The molecular weight excluding hydrogens is 250 g/mol. The van der Waals surface area contributed by atoms with Gasteiger partial charge in [-0.2, -0.15) is 0 Å². The SMILES string of the molecule is CCCOc1cc(Oc2ccc(C)c(C)c2)ccc1N. The zero-order valence-electron chi connectivity index (χ0n) is 12.3. The average Bonchev–Trinajstić information content (AvgIpc) is 2.43. The number of ether oxygens (including phenoxy) is 2. The molecule has 0 aromatic heterocycles. The summed E-state index contributed by atoms with van der Waals surface area (Å²) in [6.45, 7) is 6.86. The number of nitrogen functional groups attached to an aromatic ring is 1. The van der Waals surface area contributed by atoms with Crippen molar-refractivity contribution in [2.75, 3.05) is 12.3 Å². The van der Waals surface area contributed by atoms with Crippen LogP contribution in [0.3, 0.4) is 0 Å². The molecule has 0 unspecified atom stereocenters. The summed E-state index contributed by atoms with van der Waals surface area (Å²) >= 11 is 0. The summed E-state index contributed by atoms with van der Waals surface area (Å²) in [5.41, 5.74) is 8.98. The standard InChI is InChI=1S/C17H21NO2/c1-4-9-19-17-11-15(7-8-16(17)18)20-14-6-5-12(2)13(3)10-14/h5-8,10-11H,4,9,18H2,1-3H3. The van der Waals surface area contributed by atoms with Crippen LogP contribution in [-0.4, -0.2) is 6.61 Å². The fraction of sp³-hybridized carbons (Fsp3) is 0.294. The van der Waals surface area contributed by atoms with Crippen LogP contribution in [0, 0.1) is 13.8 Å². The molecule has 0 heterocycles. The van der Waals surface area contributed by atoms with E-state index in [2.05, 4.69) is 26.8 Å². The molecule has 0 amide bonds. The molecular formula is C17H21NO2. The molecule has 20 heavy (non-hydrogen) atoms. The van der Waals surface area contributed by atoms with E-state index in [9.17, 15) is 0 Å². The van der Waals surface area contributed by atoms with Gasteiger partial charge in [0, 0.05) is 6.07 Å². The summed E-state index contributed by atoms with van der Waals surface area (Å²) in [7, 11) is 0. The Morgan fingerprint density at radius 3 is 2.35 bits per heavy atom. The van der Waals surface area contributed by atoms with Crippen LogP contribution in [0.15, 0.2) is 36.4 Å². The van der Waals surface area contributed by atoms with E-state index in [4.69, 9.17) is 15.2 Å². The minimum Gasteiger partial charge on any atom is -0.491 e. The van der Waals surface area contributed by atoms with Gasteiger partial charge in [0.2, 0.25) is 0 Å². The van der Waals surface area contributed by atoms with Crippen LogP contribution in [0.2, 0.25) is 0 Å². The van der Waals surface area contributed by atoms with Gasteiger partial charge in [-0.3, -0.25) is 0 Å². The summed E-state index contributed by atoms with van der Waals surface area (Å²) in [5, 5.41) is 0. The van der Waals surface area contributed by atoms with E-state index in [0.29, 0.717) is 18.0 Å². The number of benzene rings is 2. The van der Waals surface area contributed by atoms with Crippen LogP contribution < -0.4 is 15.2 Å². The van der Waals surface area contributed by atoms with Gasteiger partial charge in [-0.05, 0) is 55.7 Å². The smallest absolute Gasteiger partial charge is 0.145 e. The highest BCUT2D eigenvalue weighted by atomic mass is 16.5. The predicted molar refractivity (Wildman–Crippen MR) is 82.6 cm³/mol. The van der Waals surface area contributed by atoms with Crippen molar-refractivity contribution < 1.29 is 9.47 Å². The lowest BCUT2D eigenvalue weighted by molar-refractivity contribution is 0.317. The lowest BCUT2D eigenvalue weighted by Crippen LogP contribution is -1.99. The Balaban J connectivity index is 2.18. The van der Waals surface area contributed by atoms with Crippen LogP contribution in [0.1, 0.15) is 24.5 Å². The first kappa shape index (κ1) is 14.3. The first-order valence-corrected chi connectivity index (χ1v) is 6.87. The van der Waals surface area contributed by atoms with E-state index in [-0.39, 0.29) is 0 Å². The Labute approximate surface area is 120 Å². The summed E-state index contributed by atoms with van der Waals surface area (Å²) in [6.07, 6.45) is 0.946. The fourth-order valence-electron chi connectivity index (χ4n) is 1.83. The van der Waals surface area contributed by atoms with Crippen molar-refractivity contribution in [3.63, 3.8) is 0 Å². The van der Waals surface area contributed by atoms with E-state index in [1.807, 2.05) is 24.3 Å². The highest BCUT2D eigenvalue weighted by molar-refractivity contribution is 5.56. The van der Waals surface area contributed by atoms with Crippen LogP contribution in [0.5, 0.6) is 17.2 Å². The van der Waals surface area contributed by atoms with Gasteiger partial charge in [0.15, 0.2) is 0 Å². The predicted octanol–water partition coefficient (Wildman–Crippen LogP) is 4.47. The largest absolute Gasteiger partial charge is 0.491 e. The van der Waals surface area contributed by atoms with Gasteiger partial charge >= 0.3 is 0 Å². The molecule has 0 spiro atoms. The summed E-state index contributed by atoms with van der Waals surface area (Å²) < 4.78 is 11.5. The van der Waals surface area contributed by atoms with Crippen molar-refractivity contribution in [3.05, 3.63) is 47.5 Å². The number of hydrogen-bond donors (Lipinski definition) is 1. The molecule has 106 valence electrons. The second kappa shape index (κ2) is 6.33. The molecule has 0 bridgehead atoms. The van der Waals surface area contributed by atoms with Crippen LogP contribution in [-0.2, 0) is 0 Å². The molecule has 2 aromatic carbocycles. The summed E-state index contributed by atoms with van der Waals surface area (Å²) in [4.78, 5) is 0. The molecule has 0 aliphatic heterocycles. The van der Waals surface area contributed by atoms with Gasteiger partial charge in [-0.15, -0.1) is 0 Å². The van der Waals surface area contributed by atoms with Gasteiger partial charge in [0.05, 0.1) is 12.3 Å². The fourth-order valence-corrected chi connectivity index (χ4v) is 1.83. The molecule has 2 rings (SSSR count). The first-order chi connectivity index (χ1) is 9.60. The van der Waals surface area contributed by atoms with Gasteiger partial charge < -0.3 is 15.2 Å². The Morgan fingerprint density at radius 2 is 1.65 bits per heavy atom. The molecule has 0 atom stereocenters. The normalized spacial score (nSPS) is 10.3. The summed E-state index contributed by atoms with van der Waals surface area (Å²) in [6, 6.07) is 11.5. The number of aryl methyl sites for hydroxylation is 2. The molecule has 0 saturated heterocycles. The van der Waals surface area contributed by atoms with E-state index >= 15 is 0 Å². The van der Waals surface area contributed by atoms with Crippen molar-refractivity contribution in [1.29, 1.82) is 0 Å². The van der Waals surface area contributed by atoms with Gasteiger partial charge in [0.25, 0.3) is 0 Å². The molecule has 0 aliphatic rings. The maximum absolute atomic E-state index is 5.89. The van der Waals surface area contributed by atoms with Crippen molar-refractivity contribution in [2.24, 2.45) is 0 Å². The van der Waals surface area contributed by atoms with E-state index in [0.717, 1.165) is 17.9 Å². The number of nitrogens with two attached hydrogens (primary N) is 1. The summed E-state index contributed by atoms with van der Waals surface area (Å²) in [5.74, 6) is 2.22. The van der Waals surface area contributed by atoms with Crippen molar-refractivity contribution in [2.45, 2.75) is 27.2 Å². The van der Waals surface area contributed by atoms with Gasteiger partial charge in [-0.25, -0.2) is 0 Å². The quantitative estimate of drug-likeness (QED) is 0.816. The Kier molecular flexibility index (Phi) is 4.51. The van der Waals surface area contributed by atoms with Crippen molar-refractivity contribution in [1.82, 2.24) is 0 Å². The highest BCUT2D eigenvalue weighted by Gasteiger charge is 2.05. The Morgan fingerprint density at radius 1 is 0.950 bits per heavy atom. The number of hydrogen-bond acceptors (Lipinski definition) is 3. The molecule has 0 aliphatic carbocycles. The third kappa shape index (κ3) is 3.44. The maximum Gasteiger partial charge on any atom is 0.145 e. The van der Waals surface area contributed by atoms with E-state index in [1.165, 1.54) is 11.1 Å². The average molecular weight is 271 g/mol. The Hall–Kier alpha value is -2.16. The second-order valence-corrected chi connectivity index (χ2v) is 4.90. The minimum absolute atomic E-state index is 0.630. The molecule has 0 fully saturated rings. The molecule has 2 N–H and O–H groups in total. The van der Waals surface area contributed by atoms with Crippen LogP contribution in [0.4, 0.5) is 5.69 Å². The molecule has 0 saturated carbocycles. The maximum atomic E-state index is 5.89. The lowest BCUT2D eigenvalue weighted by Gasteiger charge is -2.12. The first-order valence-electron chi connectivity index (χ1n) is 6.87. The number of rotatable bonds is 5. The van der Waals surface area contributed by atoms with E-state index < -0.39 is 0 Å². The lowest BCUT2D eigenvalue weighted by atomic mass is 10.1. The van der Waals surface area contributed by atoms with Crippen molar-refractivity contribution >= 4 is 5.69 Å². The van der Waals surface area contributed by atoms with Crippen LogP contribution >= 0.6 is 0 Å².